The maximum absolute atomic E-state index is 12.4. The Labute approximate surface area is 108 Å². The predicted molar refractivity (Wildman–Crippen MR) is 61.4 cm³/mol. The van der Waals surface area contributed by atoms with E-state index in [4.69, 9.17) is 11.0 Å². The van der Waals surface area contributed by atoms with E-state index in [1.165, 1.54) is 19.2 Å². The first-order valence-corrected chi connectivity index (χ1v) is 5.30. The number of nitrogens with zero attached hydrogens (tertiary/aromatic N) is 1. The molecule has 0 saturated carbocycles. The molecule has 2 N–H and O–H groups in total. The molecule has 0 bridgehead atoms. The lowest BCUT2D eigenvalue weighted by atomic mass is 10.0. The lowest BCUT2D eigenvalue weighted by Crippen LogP contribution is -2.12. The fourth-order valence-electron chi connectivity index (χ4n) is 1.55. The molecule has 1 aromatic carbocycles. The normalized spacial score (nSPS) is 10.1. The first-order valence-electron chi connectivity index (χ1n) is 5.30. The minimum atomic E-state index is -3.10. The van der Waals surface area contributed by atoms with E-state index >= 15 is 0 Å². The van der Waals surface area contributed by atoms with E-state index in [1.807, 2.05) is 0 Å². The van der Waals surface area contributed by atoms with Gasteiger partial charge in [0.05, 0.1) is 19.1 Å². The van der Waals surface area contributed by atoms with E-state index in [2.05, 4.69) is 9.47 Å². The Morgan fingerprint density at radius 3 is 2.58 bits per heavy atom. The Bertz CT molecular complexity index is 512. The molecule has 0 atom stereocenters. The molecule has 0 radical (unpaired) electrons. The molecular formula is C12H12F2N2O3. The molecule has 0 fully saturated rings. The first kappa shape index (κ1) is 14.9. The summed E-state index contributed by atoms with van der Waals surface area (Å²) in [4.78, 5) is 11.2. The molecule has 7 heteroatoms. The standard InChI is InChI=1S/C12H12F2N2O3/c1-18-10(17)4-7-2-3-8(5-15)9(6-16)11(7)19-12(13)14/h2-3,12H,4-5,15H2,1H3. The Kier molecular flexibility index (Phi) is 5.21. The number of methoxy groups -OCH3 is 1. The largest absolute Gasteiger partial charge is 0.469 e. The van der Waals surface area contributed by atoms with Crippen LogP contribution in [0.15, 0.2) is 12.1 Å². The summed E-state index contributed by atoms with van der Waals surface area (Å²) >= 11 is 0. The number of hydrogen-bond donors (Lipinski definition) is 1. The van der Waals surface area contributed by atoms with Gasteiger partial charge in [-0.25, -0.2) is 0 Å². The molecule has 5 nitrogen and oxygen atoms in total. The minimum absolute atomic E-state index is 0.000988. The topological polar surface area (TPSA) is 85.3 Å². The van der Waals surface area contributed by atoms with E-state index in [0.717, 1.165) is 0 Å². The van der Waals surface area contributed by atoms with Gasteiger partial charge < -0.3 is 15.2 Å². The number of carbonyl (C=O) groups is 1. The molecule has 0 spiro atoms. The van der Waals surface area contributed by atoms with E-state index in [0.29, 0.717) is 5.56 Å². The van der Waals surface area contributed by atoms with Crippen molar-refractivity contribution in [3.63, 3.8) is 0 Å². The molecule has 1 aromatic rings. The quantitative estimate of drug-likeness (QED) is 0.816. The van der Waals surface area contributed by atoms with Gasteiger partial charge >= 0.3 is 12.6 Å². The summed E-state index contributed by atoms with van der Waals surface area (Å²) in [6.45, 7) is -3.10. The Balaban J connectivity index is 3.30. The number of halogens is 2. The van der Waals surface area contributed by atoms with Gasteiger partial charge in [0.15, 0.2) is 0 Å². The maximum Gasteiger partial charge on any atom is 0.387 e. The van der Waals surface area contributed by atoms with Crippen LogP contribution in [0.1, 0.15) is 16.7 Å². The summed E-state index contributed by atoms with van der Waals surface area (Å²) in [6.07, 6.45) is -0.266. The second kappa shape index (κ2) is 6.66. The van der Waals surface area contributed by atoms with Gasteiger partial charge in [-0.2, -0.15) is 14.0 Å². The van der Waals surface area contributed by atoms with Gasteiger partial charge in [-0.3, -0.25) is 4.79 Å². The van der Waals surface area contributed by atoms with Crippen LogP contribution >= 0.6 is 0 Å². The van der Waals surface area contributed by atoms with Gasteiger partial charge in [-0.15, -0.1) is 0 Å². The summed E-state index contributed by atoms with van der Waals surface area (Å²) in [5.41, 5.74) is 5.85. The number of ether oxygens (including phenoxy) is 2. The molecule has 0 heterocycles. The van der Waals surface area contributed by atoms with Crippen molar-refractivity contribution < 1.29 is 23.0 Å². The summed E-state index contributed by atoms with van der Waals surface area (Å²) in [6, 6.07) is 4.67. The molecule has 0 aromatic heterocycles. The van der Waals surface area contributed by atoms with Crippen LogP contribution in [0.3, 0.4) is 0 Å². The Hall–Kier alpha value is -2.20. The van der Waals surface area contributed by atoms with Crippen molar-refractivity contribution in [1.82, 2.24) is 0 Å². The minimum Gasteiger partial charge on any atom is -0.469 e. The molecule has 0 aliphatic rings. The van der Waals surface area contributed by atoms with Gasteiger partial charge in [0.2, 0.25) is 0 Å². The molecule has 19 heavy (non-hydrogen) atoms. The number of rotatable bonds is 5. The van der Waals surface area contributed by atoms with Crippen molar-refractivity contribution in [2.75, 3.05) is 7.11 Å². The van der Waals surface area contributed by atoms with Crippen LogP contribution in [0.4, 0.5) is 8.78 Å². The highest BCUT2D eigenvalue weighted by atomic mass is 19.3. The lowest BCUT2D eigenvalue weighted by molar-refractivity contribution is -0.139. The molecule has 0 aliphatic heterocycles. The van der Waals surface area contributed by atoms with Crippen molar-refractivity contribution in [3.8, 4) is 11.8 Å². The predicted octanol–water partition coefficient (Wildman–Crippen LogP) is 1.33. The van der Waals surface area contributed by atoms with Crippen molar-refractivity contribution >= 4 is 5.97 Å². The van der Waals surface area contributed by atoms with Gasteiger partial charge in [-0.05, 0) is 5.56 Å². The van der Waals surface area contributed by atoms with Gasteiger partial charge in [0, 0.05) is 12.1 Å². The molecule has 1 rings (SSSR count). The number of hydrogen-bond acceptors (Lipinski definition) is 5. The highest BCUT2D eigenvalue weighted by Gasteiger charge is 2.19. The fraction of sp³-hybridized carbons (Fsp3) is 0.333. The zero-order chi connectivity index (χ0) is 14.4. The van der Waals surface area contributed by atoms with Crippen molar-refractivity contribution in [2.45, 2.75) is 19.6 Å². The highest BCUT2D eigenvalue weighted by molar-refractivity contribution is 5.74. The Morgan fingerprint density at radius 2 is 2.11 bits per heavy atom. The maximum atomic E-state index is 12.4. The highest BCUT2D eigenvalue weighted by Crippen LogP contribution is 2.29. The average Bonchev–Trinajstić information content (AvgIpc) is 2.39. The van der Waals surface area contributed by atoms with Gasteiger partial charge in [0.25, 0.3) is 0 Å². The van der Waals surface area contributed by atoms with Crippen LogP contribution < -0.4 is 10.5 Å². The number of nitrogens with two attached hydrogens (primary N) is 1. The number of carbonyl (C=O) groups excluding carboxylic acids is 1. The number of alkyl halides is 2. The van der Waals surface area contributed by atoms with Gasteiger partial charge in [0.1, 0.15) is 11.8 Å². The number of benzene rings is 1. The van der Waals surface area contributed by atoms with E-state index in [1.54, 1.807) is 6.07 Å². The molecule has 0 aliphatic carbocycles. The third-order valence-electron chi connectivity index (χ3n) is 2.43. The number of esters is 1. The zero-order valence-electron chi connectivity index (χ0n) is 10.2. The smallest absolute Gasteiger partial charge is 0.387 e. The zero-order valence-corrected chi connectivity index (χ0v) is 10.2. The van der Waals surface area contributed by atoms with Crippen LogP contribution in [-0.2, 0) is 22.5 Å². The molecule has 102 valence electrons. The van der Waals surface area contributed by atoms with E-state index in [9.17, 15) is 13.6 Å². The Morgan fingerprint density at radius 1 is 1.47 bits per heavy atom. The van der Waals surface area contributed by atoms with Crippen molar-refractivity contribution in [2.24, 2.45) is 5.73 Å². The molecule has 0 saturated heterocycles. The van der Waals surface area contributed by atoms with Crippen molar-refractivity contribution in [3.05, 3.63) is 28.8 Å². The molecule has 0 amide bonds. The summed E-state index contributed by atoms with van der Waals surface area (Å²) < 4.78 is 33.6. The SMILES string of the molecule is COC(=O)Cc1ccc(CN)c(C#N)c1OC(F)F. The van der Waals surface area contributed by atoms with Gasteiger partial charge in [-0.1, -0.05) is 12.1 Å². The van der Waals surface area contributed by atoms with Crippen LogP contribution in [0.5, 0.6) is 5.75 Å². The van der Waals surface area contributed by atoms with Crippen LogP contribution in [0.25, 0.3) is 0 Å². The van der Waals surface area contributed by atoms with E-state index in [-0.39, 0.29) is 29.8 Å². The second-order valence-corrected chi connectivity index (χ2v) is 3.54. The van der Waals surface area contributed by atoms with Crippen LogP contribution in [0, 0.1) is 11.3 Å². The van der Waals surface area contributed by atoms with E-state index < -0.39 is 12.6 Å². The molecular weight excluding hydrogens is 258 g/mol. The third kappa shape index (κ3) is 3.63. The average molecular weight is 270 g/mol. The number of nitriles is 1. The second-order valence-electron chi connectivity index (χ2n) is 3.54. The van der Waals surface area contributed by atoms with Crippen LogP contribution in [-0.4, -0.2) is 19.7 Å². The monoisotopic (exact) mass is 270 g/mol. The van der Waals surface area contributed by atoms with Crippen LogP contribution in [0.2, 0.25) is 0 Å². The van der Waals surface area contributed by atoms with Crippen molar-refractivity contribution in [1.29, 1.82) is 5.26 Å². The lowest BCUT2D eigenvalue weighted by Gasteiger charge is -2.14. The summed E-state index contributed by atoms with van der Waals surface area (Å²) in [7, 11) is 1.18. The fourth-order valence-corrected chi connectivity index (χ4v) is 1.55. The summed E-state index contributed by atoms with van der Waals surface area (Å²) in [5, 5.41) is 9.01. The third-order valence-corrected chi connectivity index (χ3v) is 2.43. The first-order chi connectivity index (χ1) is 9.03. The summed E-state index contributed by atoms with van der Waals surface area (Å²) in [5.74, 6) is -0.950. The molecule has 0 unspecified atom stereocenters.